The van der Waals surface area contributed by atoms with Crippen molar-refractivity contribution in [2.24, 2.45) is 5.92 Å². The highest BCUT2D eigenvalue weighted by Crippen LogP contribution is 2.39. The van der Waals surface area contributed by atoms with Crippen LogP contribution in [-0.2, 0) is 19.6 Å². The number of piperidine rings is 1. The van der Waals surface area contributed by atoms with Crippen molar-refractivity contribution in [3.8, 4) is 0 Å². The minimum Gasteiger partial charge on any atom is -0.378 e. The number of halogens is 2. The van der Waals surface area contributed by atoms with E-state index < -0.39 is 21.6 Å². The lowest BCUT2D eigenvalue weighted by atomic mass is 9.80. The lowest BCUT2D eigenvalue weighted by Crippen LogP contribution is -2.58. The molecule has 33 heavy (non-hydrogen) atoms. The summed E-state index contributed by atoms with van der Waals surface area (Å²) in [5.41, 5.74) is -0.735. The van der Waals surface area contributed by atoms with Crippen LogP contribution in [0.2, 0.25) is 0 Å². The van der Waals surface area contributed by atoms with Gasteiger partial charge in [-0.15, -0.1) is 0 Å². The number of alkyl halides is 1. The zero-order chi connectivity index (χ0) is 23.6. The molecule has 0 spiro atoms. The van der Waals surface area contributed by atoms with Gasteiger partial charge in [-0.2, -0.15) is 0 Å². The molecule has 184 valence electrons. The fraction of sp³-hybridized carbons (Fsp3) is 0.708. The van der Waals surface area contributed by atoms with Crippen LogP contribution >= 0.6 is 0 Å². The topological polar surface area (TPSA) is 75.7 Å². The van der Waals surface area contributed by atoms with Gasteiger partial charge in [0.2, 0.25) is 10.0 Å². The van der Waals surface area contributed by atoms with Crippen molar-refractivity contribution in [1.29, 1.82) is 0 Å². The number of carbonyl (C=O) groups excluding carboxylic acids is 1. The number of hydrogen-bond donors (Lipinski definition) is 1. The van der Waals surface area contributed by atoms with Crippen LogP contribution in [0.25, 0.3) is 0 Å². The van der Waals surface area contributed by atoms with Crippen LogP contribution in [0.3, 0.4) is 0 Å². The molecule has 3 fully saturated rings. The van der Waals surface area contributed by atoms with Crippen molar-refractivity contribution in [2.75, 3.05) is 26.0 Å². The maximum atomic E-state index is 14.7. The summed E-state index contributed by atoms with van der Waals surface area (Å²) >= 11 is 0. The van der Waals surface area contributed by atoms with E-state index in [9.17, 15) is 22.0 Å². The number of ether oxygens (including phenoxy) is 1. The molecule has 4 rings (SSSR count). The highest BCUT2D eigenvalue weighted by atomic mass is 32.2. The molecule has 1 N–H and O–H groups in total. The van der Waals surface area contributed by atoms with E-state index in [1.54, 1.807) is 17.0 Å². The van der Waals surface area contributed by atoms with E-state index in [0.717, 1.165) is 43.9 Å². The van der Waals surface area contributed by atoms with Crippen LogP contribution in [0.4, 0.5) is 8.78 Å². The third-order valence-electron chi connectivity index (χ3n) is 7.46. The van der Waals surface area contributed by atoms with Crippen LogP contribution in [0.15, 0.2) is 24.3 Å². The van der Waals surface area contributed by atoms with E-state index in [1.807, 2.05) is 6.07 Å². The van der Waals surface area contributed by atoms with E-state index in [0.29, 0.717) is 25.5 Å². The Hall–Kier alpha value is -1.58. The fourth-order valence-electron chi connectivity index (χ4n) is 5.38. The third kappa shape index (κ3) is 6.11. The van der Waals surface area contributed by atoms with Gasteiger partial charge in [0.05, 0.1) is 19.0 Å². The minimum atomic E-state index is -3.41. The molecule has 1 aromatic rings. The molecule has 0 radical (unpaired) electrons. The molecule has 1 amide bonds. The maximum absolute atomic E-state index is 14.7. The third-order valence-corrected chi connectivity index (χ3v) is 8.19. The summed E-state index contributed by atoms with van der Waals surface area (Å²) in [6.07, 6.45) is 6.35. The minimum absolute atomic E-state index is 0.0407. The summed E-state index contributed by atoms with van der Waals surface area (Å²) in [5, 5.41) is 0. The van der Waals surface area contributed by atoms with E-state index in [-0.39, 0.29) is 43.3 Å². The average molecular weight is 485 g/mol. The largest absolute Gasteiger partial charge is 0.378 e. The molecule has 0 aromatic heterocycles. The molecule has 1 aliphatic heterocycles. The second-order valence-corrected chi connectivity index (χ2v) is 11.8. The molecule has 3 aliphatic rings. The second-order valence-electron chi connectivity index (χ2n) is 9.98. The first-order chi connectivity index (χ1) is 15.6. The fourth-order valence-corrected chi connectivity index (χ4v) is 6.24. The molecule has 2 saturated carbocycles. The number of carbonyl (C=O) groups is 1. The van der Waals surface area contributed by atoms with Crippen molar-refractivity contribution in [3.05, 3.63) is 35.6 Å². The van der Waals surface area contributed by atoms with Gasteiger partial charge >= 0.3 is 0 Å². The van der Waals surface area contributed by atoms with Crippen molar-refractivity contribution in [3.63, 3.8) is 0 Å². The zero-order valence-electron chi connectivity index (χ0n) is 19.1. The normalized spacial score (nSPS) is 30.0. The maximum Gasteiger partial charge on any atom is 0.260 e. The summed E-state index contributed by atoms with van der Waals surface area (Å²) in [6, 6.07) is 6.41. The van der Waals surface area contributed by atoms with E-state index >= 15 is 0 Å². The SMILES string of the molecule is CS(=O)(=O)N[C@H]1CCN(C(=O)C2(F)CCC2)C[C@H]1CO[C@H]1CC[C@@H](c2cccc(F)c2)CC1. The molecule has 0 bridgehead atoms. The molecule has 1 aromatic carbocycles. The van der Waals surface area contributed by atoms with Gasteiger partial charge in [-0.05, 0) is 75.0 Å². The van der Waals surface area contributed by atoms with Crippen LogP contribution in [0, 0.1) is 11.7 Å². The first-order valence-corrected chi connectivity index (χ1v) is 13.8. The molecule has 0 unspecified atom stereocenters. The Morgan fingerprint density at radius 2 is 1.94 bits per heavy atom. The van der Waals surface area contributed by atoms with Crippen molar-refractivity contribution in [1.82, 2.24) is 9.62 Å². The van der Waals surface area contributed by atoms with E-state index in [2.05, 4.69) is 4.72 Å². The van der Waals surface area contributed by atoms with Gasteiger partial charge < -0.3 is 9.64 Å². The summed E-state index contributed by atoms with van der Waals surface area (Å²) in [5.74, 6) is -0.607. The Morgan fingerprint density at radius 1 is 1.21 bits per heavy atom. The Morgan fingerprint density at radius 3 is 2.55 bits per heavy atom. The monoisotopic (exact) mass is 484 g/mol. The summed E-state index contributed by atoms with van der Waals surface area (Å²) in [6.45, 7) is 0.939. The number of nitrogens with zero attached hydrogens (tertiary/aromatic N) is 1. The lowest BCUT2D eigenvalue weighted by Gasteiger charge is -2.43. The second kappa shape index (κ2) is 9.96. The number of hydrogen-bond acceptors (Lipinski definition) is 4. The van der Waals surface area contributed by atoms with Crippen molar-refractivity contribution in [2.45, 2.75) is 75.1 Å². The van der Waals surface area contributed by atoms with Gasteiger partial charge in [-0.3, -0.25) is 4.79 Å². The molecule has 2 atom stereocenters. The smallest absolute Gasteiger partial charge is 0.260 e. The molecular weight excluding hydrogens is 450 g/mol. The molecule has 9 heteroatoms. The van der Waals surface area contributed by atoms with Crippen LogP contribution in [0.1, 0.15) is 62.8 Å². The number of benzene rings is 1. The predicted octanol–water partition coefficient (Wildman–Crippen LogP) is 3.53. The number of nitrogens with one attached hydrogen (secondary N) is 1. The number of sulfonamides is 1. The number of likely N-dealkylation sites (tertiary alicyclic amines) is 1. The molecular formula is C24H34F2N2O4S. The quantitative estimate of drug-likeness (QED) is 0.643. The highest BCUT2D eigenvalue weighted by Gasteiger charge is 2.48. The summed E-state index contributed by atoms with van der Waals surface area (Å²) in [7, 11) is -3.41. The number of amides is 1. The molecule has 1 saturated heterocycles. The van der Waals surface area contributed by atoms with Gasteiger partial charge in [0.1, 0.15) is 5.82 Å². The Labute approximate surface area is 195 Å². The van der Waals surface area contributed by atoms with Crippen molar-refractivity contribution >= 4 is 15.9 Å². The first-order valence-electron chi connectivity index (χ1n) is 12.0. The Kier molecular flexibility index (Phi) is 7.41. The number of rotatable bonds is 7. The van der Waals surface area contributed by atoms with Crippen molar-refractivity contribution < 1.29 is 26.7 Å². The van der Waals surface area contributed by atoms with Gasteiger partial charge in [0, 0.05) is 25.0 Å². The molecule has 6 nitrogen and oxygen atoms in total. The standard InChI is InChI=1S/C24H34F2N2O4S/c1-33(30,31)27-22-10-13-28(23(29)24(26)11-3-12-24)15-19(22)16-32-21-8-6-17(7-9-21)18-4-2-5-20(25)14-18/h2,4-5,14,17,19,21-22,27H,3,6-13,15-16H2,1H3/t17-,19-,21+,22-/m0/s1. The van der Waals surface area contributed by atoms with E-state index in [4.69, 9.17) is 4.74 Å². The van der Waals surface area contributed by atoms with Crippen LogP contribution < -0.4 is 4.72 Å². The Bertz CT molecular complexity index is 946. The summed E-state index contributed by atoms with van der Waals surface area (Å²) < 4.78 is 60.8. The van der Waals surface area contributed by atoms with Crippen LogP contribution in [-0.4, -0.2) is 63.0 Å². The lowest BCUT2D eigenvalue weighted by molar-refractivity contribution is -0.153. The van der Waals surface area contributed by atoms with Gasteiger partial charge in [0.25, 0.3) is 5.91 Å². The first kappa shape index (κ1) is 24.5. The van der Waals surface area contributed by atoms with Gasteiger partial charge in [0.15, 0.2) is 5.67 Å². The van der Waals surface area contributed by atoms with E-state index in [1.165, 1.54) is 6.07 Å². The predicted molar refractivity (Wildman–Crippen MR) is 121 cm³/mol. The average Bonchev–Trinajstić information content (AvgIpc) is 2.75. The van der Waals surface area contributed by atoms with Gasteiger partial charge in [-0.1, -0.05) is 12.1 Å². The summed E-state index contributed by atoms with van der Waals surface area (Å²) in [4.78, 5) is 14.2. The van der Waals surface area contributed by atoms with Gasteiger partial charge in [-0.25, -0.2) is 21.9 Å². The molecule has 2 aliphatic carbocycles. The molecule has 1 heterocycles. The Balaban J connectivity index is 1.33. The highest BCUT2D eigenvalue weighted by molar-refractivity contribution is 7.88. The van der Waals surface area contributed by atoms with Crippen LogP contribution in [0.5, 0.6) is 0 Å². The zero-order valence-corrected chi connectivity index (χ0v) is 20.0.